The van der Waals surface area contributed by atoms with Crippen LogP contribution in [-0.4, -0.2) is 27.8 Å². The maximum absolute atomic E-state index is 13.0. The number of rotatable bonds is 6. The topological polar surface area (TPSA) is 69.0 Å². The number of nitrogens with zero attached hydrogens (tertiary/aromatic N) is 3. The molecule has 142 valence electrons. The molecule has 0 aliphatic heterocycles. The molecule has 2 aromatic heterocycles. The predicted octanol–water partition coefficient (Wildman–Crippen LogP) is 4.53. The minimum absolute atomic E-state index is 0.165. The van der Waals surface area contributed by atoms with Gasteiger partial charge in [0.05, 0.1) is 23.8 Å². The molecule has 0 unspecified atom stereocenters. The Morgan fingerprint density at radius 2 is 2.00 bits per heavy atom. The first kappa shape index (κ1) is 19.0. The molecule has 6 heteroatoms. The number of ether oxygens (including phenoxy) is 1. The minimum Gasteiger partial charge on any atom is -0.380 e. The summed E-state index contributed by atoms with van der Waals surface area (Å²) in [6.07, 6.45) is 1.72. The van der Waals surface area contributed by atoms with Gasteiger partial charge in [0, 0.05) is 24.5 Å². The van der Waals surface area contributed by atoms with E-state index < -0.39 is 0 Å². The van der Waals surface area contributed by atoms with Crippen LogP contribution in [0.5, 0.6) is 0 Å². The fourth-order valence-corrected chi connectivity index (χ4v) is 3.00. The zero-order valence-corrected chi connectivity index (χ0v) is 16.5. The molecule has 0 radical (unpaired) electrons. The number of methoxy groups -OCH3 is 1. The Bertz CT molecular complexity index is 960. The average Bonchev–Trinajstić information content (AvgIpc) is 3.05. The lowest BCUT2D eigenvalue weighted by atomic mass is 10.0. The van der Waals surface area contributed by atoms with Crippen LogP contribution in [0, 0.1) is 0 Å². The Morgan fingerprint density at radius 3 is 2.67 bits per heavy atom. The normalized spacial score (nSPS) is 11.5. The van der Waals surface area contributed by atoms with Crippen LogP contribution in [0.1, 0.15) is 61.3 Å². The molecule has 0 aliphatic rings. The second kappa shape index (κ2) is 7.88. The van der Waals surface area contributed by atoms with E-state index in [0.717, 1.165) is 28.0 Å². The molecule has 0 saturated heterocycles. The third-order valence-electron chi connectivity index (χ3n) is 4.41. The van der Waals surface area contributed by atoms with Gasteiger partial charge >= 0.3 is 0 Å². The molecule has 3 aromatic rings. The first-order chi connectivity index (χ1) is 12.9. The van der Waals surface area contributed by atoms with Gasteiger partial charge in [0.25, 0.3) is 5.91 Å². The second-order valence-electron chi connectivity index (χ2n) is 7.26. The van der Waals surface area contributed by atoms with E-state index in [1.807, 2.05) is 35.0 Å². The number of anilines is 1. The Kier molecular flexibility index (Phi) is 5.56. The standard InChI is InChI=1S/C21H26N4O2/c1-13(2)19-10-17(18-11-22-25(14(3)4)20(18)24-19)21(26)23-16-8-6-7-15(9-16)12-27-5/h6-11,13-14H,12H2,1-5H3,(H,23,26). The Morgan fingerprint density at radius 1 is 1.22 bits per heavy atom. The van der Waals surface area contributed by atoms with Gasteiger partial charge in [-0.3, -0.25) is 4.79 Å². The zero-order valence-electron chi connectivity index (χ0n) is 16.5. The van der Waals surface area contributed by atoms with Crippen LogP contribution in [-0.2, 0) is 11.3 Å². The summed E-state index contributed by atoms with van der Waals surface area (Å²) in [6.45, 7) is 8.75. The van der Waals surface area contributed by atoms with Gasteiger partial charge in [-0.25, -0.2) is 9.67 Å². The van der Waals surface area contributed by atoms with Crippen LogP contribution in [0.15, 0.2) is 36.5 Å². The largest absolute Gasteiger partial charge is 0.380 e. The van der Waals surface area contributed by atoms with Crippen molar-refractivity contribution in [1.82, 2.24) is 14.8 Å². The highest BCUT2D eigenvalue weighted by atomic mass is 16.5. The molecule has 27 heavy (non-hydrogen) atoms. The van der Waals surface area contributed by atoms with Crippen molar-refractivity contribution >= 4 is 22.6 Å². The third-order valence-corrected chi connectivity index (χ3v) is 4.41. The summed E-state index contributed by atoms with van der Waals surface area (Å²) in [4.78, 5) is 17.8. The number of benzene rings is 1. The van der Waals surface area contributed by atoms with Crippen molar-refractivity contribution < 1.29 is 9.53 Å². The second-order valence-corrected chi connectivity index (χ2v) is 7.26. The van der Waals surface area contributed by atoms with Gasteiger partial charge in [-0.1, -0.05) is 26.0 Å². The van der Waals surface area contributed by atoms with Gasteiger partial charge in [0.1, 0.15) is 0 Å². The van der Waals surface area contributed by atoms with Crippen LogP contribution in [0.25, 0.3) is 11.0 Å². The molecule has 6 nitrogen and oxygen atoms in total. The van der Waals surface area contributed by atoms with Crippen molar-refractivity contribution in [3.63, 3.8) is 0 Å². The van der Waals surface area contributed by atoms with Crippen LogP contribution in [0.3, 0.4) is 0 Å². The monoisotopic (exact) mass is 366 g/mol. The summed E-state index contributed by atoms with van der Waals surface area (Å²) >= 11 is 0. The molecule has 0 spiro atoms. The highest BCUT2D eigenvalue weighted by Gasteiger charge is 2.19. The quantitative estimate of drug-likeness (QED) is 0.696. The van der Waals surface area contributed by atoms with E-state index >= 15 is 0 Å². The first-order valence-electron chi connectivity index (χ1n) is 9.18. The maximum atomic E-state index is 13.0. The maximum Gasteiger partial charge on any atom is 0.256 e. The first-order valence-corrected chi connectivity index (χ1v) is 9.18. The van der Waals surface area contributed by atoms with Crippen LogP contribution >= 0.6 is 0 Å². The summed E-state index contributed by atoms with van der Waals surface area (Å²) in [5.74, 6) is 0.0451. The van der Waals surface area contributed by atoms with E-state index in [-0.39, 0.29) is 17.9 Å². The Balaban J connectivity index is 2.02. The molecule has 3 rings (SSSR count). The lowest BCUT2D eigenvalue weighted by molar-refractivity contribution is 0.102. The van der Waals surface area contributed by atoms with Crippen molar-refractivity contribution in [2.24, 2.45) is 0 Å². The average molecular weight is 366 g/mol. The zero-order chi connectivity index (χ0) is 19.6. The number of carbonyl (C=O) groups is 1. The van der Waals surface area contributed by atoms with E-state index in [4.69, 9.17) is 9.72 Å². The third kappa shape index (κ3) is 4.01. The molecule has 0 saturated carbocycles. The number of fused-ring (bicyclic) bond motifs is 1. The molecule has 0 atom stereocenters. The lowest BCUT2D eigenvalue weighted by Crippen LogP contribution is -2.14. The number of amides is 1. The molecule has 1 N–H and O–H groups in total. The minimum atomic E-state index is -0.165. The fourth-order valence-electron chi connectivity index (χ4n) is 3.00. The molecular weight excluding hydrogens is 340 g/mol. The van der Waals surface area contributed by atoms with Crippen molar-refractivity contribution in [3.8, 4) is 0 Å². The number of nitrogens with one attached hydrogen (secondary N) is 1. The van der Waals surface area contributed by atoms with E-state index in [2.05, 4.69) is 38.1 Å². The van der Waals surface area contributed by atoms with Gasteiger partial charge in [-0.2, -0.15) is 5.10 Å². The molecule has 0 fully saturated rings. The van der Waals surface area contributed by atoms with Crippen molar-refractivity contribution in [1.29, 1.82) is 0 Å². The highest BCUT2D eigenvalue weighted by Crippen LogP contribution is 2.25. The van der Waals surface area contributed by atoms with Crippen LogP contribution < -0.4 is 5.32 Å². The summed E-state index contributed by atoms with van der Waals surface area (Å²) < 4.78 is 7.02. The van der Waals surface area contributed by atoms with Crippen LogP contribution in [0.4, 0.5) is 5.69 Å². The van der Waals surface area contributed by atoms with Gasteiger partial charge < -0.3 is 10.1 Å². The number of pyridine rings is 1. The lowest BCUT2D eigenvalue weighted by Gasteiger charge is -2.13. The predicted molar refractivity (Wildman–Crippen MR) is 107 cm³/mol. The Hall–Kier alpha value is -2.73. The Labute approximate surface area is 159 Å². The fraction of sp³-hybridized carbons (Fsp3) is 0.381. The van der Waals surface area contributed by atoms with E-state index in [9.17, 15) is 4.79 Å². The van der Waals surface area contributed by atoms with Gasteiger partial charge in [0.15, 0.2) is 5.65 Å². The SMILES string of the molecule is COCc1cccc(NC(=O)c2cc(C(C)C)nc3c2cnn3C(C)C)c1. The molecule has 0 bridgehead atoms. The summed E-state index contributed by atoms with van der Waals surface area (Å²) in [5.41, 5.74) is 3.96. The van der Waals surface area contributed by atoms with E-state index in [1.165, 1.54) is 0 Å². The van der Waals surface area contributed by atoms with Gasteiger partial charge in [-0.05, 0) is 43.5 Å². The summed E-state index contributed by atoms with van der Waals surface area (Å²) in [7, 11) is 1.65. The number of carbonyl (C=O) groups excluding carboxylic acids is 1. The van der Waals surface area contributed by atoms with Gasteiger partial charge in [-0.15, -0.1) is 0 Å². The highest BCUT2D eigenvalue weighted by molar-refractivity contribution is 6.12. The smallest absolute Gasteiger partial charge is 0.256 e. The number of hydrogen-bond donors (Lipinski definition) is 1. The molecule has 2 heterocycles. The molecule has 1 amide bonds. The summed E-state index contributed by atoms with van der Waals surface area (Å²) in [5, 5.41) is 8.20. The molecule has 0 aliphatic carbocycles. The molecular formula is C21H26N4O2. The van der Waals surface area contributed by atoms with E-state index in [1.54, 1.807) is 13.3 Å². The van der Waals surface area contributed by atoms with E-state index in [0.29, 0.717) is 12.2 Å². The van der Waals surface area contributed by atoms with Gasteiger partial charge in [0.2, 0.25) is 0 Å². The molecule has 1 aromatic carbocycles. The van der Waals surface area contributed by atoms with Crippen molar-refractivity contribution in [2.75, 3.05) is 12.4 Å². The number of hydrogen-bond acceptors (Lipinski definition) is 4. The van der Waals surface area contributed by atoms with Crippen molar-refractivity contribution in [3.05, 3.63) is 53.3 Å². The van der Waals surface area contributed by atoms with Crippen molar-refractivity contribution in [2.45, 2.75) is 46.3 Å². The summed E-state index contributed by atoms with van der Waals surface area (Å²) in [6, 6.07) is 9.69. The number of aromatic nitrogens is 3. The van der Waals surface area contributed by atoms with Crippen LogP contribution in [0.2, 0.25) is 0 Å².